The molecule has 1 N–H and O–H groups in total. The molecule has 0 saturated carbocycles. The molecule has 4 nitrogen and oxygen atoms in total. The maximum atomic E-state index is 12.7. The molecule has 2 saturated heterocycles. The van der Waals surface area contributed by atoms with Crippen molar-refractivity contribution in [1.29, 1.82) is 0 Å². The van der Waals surface area contributed by atoms with Gasteiger partial charge in [0, 0.05) is 19.8 Å². The molecule has 27 heavy (non-hydrogen) atoms. The highest BCUT2D eigenvalue weighted by Crippen LogP contribution is 2.39. The number of carbonyl (C=O) groups excluding carboxylic acids is 1. The van der Waals surface area contributed by atoms with Gasteiger partial charge in [-0.1, -0.05) is 12.1 Å². The van der Waals surface area contributed by atoms with E-state index >= 15 is 0 Å². The van der Waals surface area contributed by atoms with Crippen LogP contribution in [-0.4, -0.2) is 34.9 Å². The molecule has 1 amide bonds. The Morgan fingerprint density at radius 3 is 2.52 bits per heavy atom. The molecule has 7 heteroatoms. The van der Waals surface area contributed by atoms with Crippen molar-refractivity contribution in [3.63, 3.8) is 0 Å². The third-order valence-corrected chi connectivity index (χ3v) is 5.62. The number of likely N-dealkylation sites (tertiary alicyclic amines) is 1. The zero-order valence-electron chi connectivity index (χ0n) is 14.9. The molecule has 2 atom stereocenters. The maximum absolute atomic E-state index is 12.7. The van der Waals surface area contributed by atoms with Crippen LogP contribution < -0.4 is 5.32 Å². The first-order valence-corrected chi connectivity index (χ1v) is 8.95. The number of likely N-dealkylation sites (N-methyl/N-ethyl adjacent to an activating group) is 1. The van der Waals surface area contributed by atoms with E-state index in [1.54, 1.807) is 17.2 Å². The number of nitrogens with one attached hydrogen (secondary N) is 1. The van der Waals surface area contributed by atoms with Gasteiger partial charge in [0.25, 0.3) is 0 Å². The van der Waals surface area contributed by atoms with E-state index in [1.807, 2.05) is 13.1 Å². The third-order valence-electron chi connectivity index (χ3n) is 5.62. The normalized spacial score (nSPS) is 25.6. The number of alkyl halides is 3. The third kappa shape index (κ3) is 3.20. The number of benzene rings is 1. The highest BCUT2D eigenvalue weighted by Gasteiger charge is 2.50. The van der Waals surface area contributed by atoms with E-state index in [4.69, 9.17) is 0 Å². The fourth-order valence-electron chi connectivity index (χ4n) is 4.06. The summed E-state index contributed by atoms with van der Waals surface area (Å²) in [5.41, 5.74) is 1.17. The average Bonchev–Trinajstić information content (AvgIpc) is 3.21. The summed E-state index contributed by atoms with van der Waals surface area (Å²) >= 11 is 0. The second-order valence-corrected chi connectivity index (χ2v) is 7.34. The van der Waals surface area contributed by atoms with Crippen molar-refractivity contribution in [2.75, 3.05) is 13.6 Å². The largest absolute Gasteiger partial charge is 0.416 e. The summed E-state index contributed by atoms with van der Waals surface area (Å²) in [6, 6.07) is 8.77. The van der Waals surface area contributed by atoms with E-state index in [2.05, 4.69) is 10.3 Å². The van der Waals surface area contributed by atoms with Gasteiger partial charge in [-0.15, -0.1) is 0 Å². The van der Waals surface area contributed by atoms with Gasteiger partial charge in [0.15, 0.2) is 0 Å². The van der Waals surface area contributed by atoms with Crippen molar-refractivity contribution in [1.82, 2.24) is 15.2 Å². The molecule has 1 aromatic carbocycles. The van der Waals surface area contributed by atoms with E-state index in [0.717, 1.165) is 49.2 Å². The first kappa shape index (κ1) is 18.0. The van der Waals surface area contributed by atoms with Gasteiger partial charge in [0.2, 0.25) is 5.91 Å². The lowest BCUT2D eigenvalue weighted by molar-refractivity contribution is -0.137. The molecule has 142 valence electrons. The summed E-state index contributed by atoms with van der Waals surface area (Å²) in [5, 5.41) is 3.47. The summed E-state index contributed by atoms with van der Waals surface area (Å²) in [4.78, 5) is 18.6. The van der Waals surface area contributed by atoms with Crippen LogP contribution in [0.25, 0.3) is 11.1 Å². The summed E-state index contributed by atoms with van der Waals surface area (Å²) in [6.45, 7) is 0.748. The number of nitrogens with zero attached hydrogens (tertiary/aromatic N) is 2. The smallest absolute Gasteiger partial charge is 0.344 e. The fourth-order valence-corrected chi connectivity index (χ4v) is 4.06. The van der Waals surface area contributed by atoms with E-state index in [9.17, 15) is 18.0 Å². The molecule has 2 aromatic rings. The molecule has 2 fully saturated rings. The molecule has 1 spiro atoms. The summed E-state index contributed by atoms with van der Waals surface area (Å²) in [7, 11) is 1.82. The first-order chi connectivity index (χ1) is 12.8. The second kappa shape index (κ2) is 6.34. The number of rotatable bonds is 2. The predicted molar refractivity (Wildman–Crippen MR) is 94.8 cm³/mol. The Balaban J connectivity index is 1.56. The molecule has 0 aliphatic carbocycles. The van der Waals surface area contributed by atoms with Crippen LogP contribution in [-0.2, 0) is 11.0 Å². The van der Waals surface area contributed by atoms with Crippen molar-refractivity contribution in [3.05, 3.63) is 53.9 Å². The number of aromatic nitrogens is 1. The van der Waals surface area contributed by atoms with Crippen molar-refractivity contribution in [2.24, 2.45) is 0 Å². The van der Waals surface area contributed by atoms with E-state index in [-0.39, 0.29) is 11.9 Å². The summed E-state index contributed by atoms with van der Waals surface area (Å²) < 4.78 is 38.2. The van der Waals surface area contributed by atoms with Crippen LogP contribution in [0.3, 0.4) is 0 Å². The number of halogens is 3. The van der Waals surface area contributed by atoms with Gasteiger partial charge in [-0.05, 0) is 54.7 Å². The molecule has 0 bridgehead atoms. The van der Waals surface area contributed by atoms with Crippen molar-refractivity contribution in [3.8, 4) is 11.1 Å². The molecule has 2 aliphatic rings. The minimum Gasteiger partial charge on any atom is -0.344 e. The highest BCUT2D eigenvalue weighted by atomic mass is 19.4. The summed E-state index contributed by atoms with van der Waals surface area (Å²) in [6.07, 6.45) is -0.309. The minimum absolute atomic E-state index is 0.0325. The lowest BCUT2D eigenvalue weighted by Crippen LogP contribution is -2.47. The maximum Gasteiger partial charge on any atom is 0.416 e. The number of hydrogen-bond donors (Lipinski definition) is 1. The van der Waals surface area contributed by atoms with Crippen LogP contribution in [0.15, 0.2) is 42.6 Å². The summed E-state index contributed by atoms with van der Waals surface area (Å²) in [5.74, 6) is 0.129. The SMILES string of the molecule is CN1CC[C@]2(CC[C@@H](c3cc(-c4ccc(C(F)(F)F)cc4)ccn3)N2)C1=O. The Bertz CT molecular complexity index is 866. The van der Waals surface area contributed by atoms with Crippen LogP contribution >= 0.6 is 0 Å². The van der Waals surface area contributed by atoms with E-state index in [0.29, 0.717) is 5.56 Å². The van der Waals surface area contributed by atoms with Gasteiger partial charge < -0.3 is 4.90 Å². The van der Waals surface area contributed by atoms with Gasteiger partial charge in [-0.3, -0.25) is 15.1 Å². The molecular formula is C20H20F3N3O. The molecular weight excluding hydrogens is 355 g/mol. The standard InChI is InChI=1S/C20H20F3N3O/c1-26-11-9-19(18(26)27)8-6-16(25-19)17-12-14(7-10-24-17)13-2-4-15(5-3-13)20(21,22)23/h2-5,7,10,12,16,25H,6,8-9,11H2,1H3/t16-,19+/m0/s1. The predicted octanol–water partition coefficient (Wildman–Crippen LogP) is 3.79. The van der Waals surface area contributed by atoms with Crippen LogP contribution in [0, 0.1) is 0 Å². The second-order valence-electron chi connectivity index (χ2n) is 7.34. The number of pyridine rings is 1. The Kier molecular flexibility index (Phi) is 4.22. The molecule has 0 unspecified atom stereocenters. The topological polar surface area (TPSA) is 45.2 Å². The van der Waals surface area contributed by atoms with Gasteiger partial charge in [-0.2, -0.15) is 13.2 Å². The van der Waals surface area contributed by atoms with Crippen LogP contribution in [0.4, 0.5) is 13.2 Å². The Morgan fingerprint density at radius 2 is 1.89 bits per heavy atom. The van der Waals surface area contributed by atoms with Crippen molar-refractivity contribution >= 4 is 5.91 Å². The van der Waals surface area contributed by atoms with Crippen LogP contribution in [0.2, 0.25) is 0 Å². The van der Waals surface area contributed by atoms with Crippen LogP contribution in [0.1, 0.15) is 36.6 Å². The van der Waals surface area contributed by atoms with Crippen LogP contribution in [0.5, 0.6) is 0 Å². The number of amides is 1. The van der Waals surface area contributed by atoms with Crippen molar-refractivity contribution in [2.45, 2.75) is 37.0 Å². The van der Waals surface area contributed by atoms with Gasteiger partial charge in [0.1, 0.15) is 5.54 Å². The van der Waals surface area contributed by atoms with Gasteiger partial charge in [0.05, 0.1) is 17.3 Å². The van der Waals surface area contributed by atoms with E-state index in [1.165, 1.54) is 12.1 Å². The zero-order valence-corrected chi connectivity index (χ0v) is 14.9. The zero-order chi connectivity index (χ0) is 19.2. The average molecular weight is 375 g/mol. The first-order valence-electron chi connectivity index (χ1n) is 8.95. The quantitative estimate of drug-likeness (QED) is 0.869. The molecule has 2 aliphatic heterocycles. The monoisotopic (exact) mass is 375 g/mol. The molecule has 3 heterocycles. The number of hydrogen-bond acceptors (Lipinski definition) is 3. The molecule has 4 rings (SSSR count). The lowest BCUT2D eigenvalue weighted by Gasteiger charge is -2.23. The highest BCUT2D eigenvalue weighted by molar-refractivity contribution is 5.88. The van der Waals surface area contributed by atoms with Gasteiger partial charge >= 0.3 is 6.18 Å². The van der Waals surface area contributed by atoms with Crippen molar-refractivity contribution < 1.29 is 18.0 Å². The Hall–Kier alpha value is -2.41. The fraction of sp³-hybridized carbons (Fsp3) is 0.400. The van der Waals surface area contributed by atoms with Gasteiger partial charge in [-0.25, -0.2) is 0 Å². The molecule has 0 radical (unpaired) electrons. The Labute approximate surface area is 155 Å². The molecule has 1 aromatic heterocycles. The number of carbonyl (C=O) groups is 1. The van der Waals surface area contributed by atoms with E-state index < -0.39 is 17.3 Å². The minimum atomic E-state index is -4.34. The lowest BCUT2D eigenvalue weighted by atomic mass is 9.96. The Morgan fingerprint density at radius 1 is 1.15 bits per heavy atom.